The number of aliphatic hydroxyl groups is 1. The topological polar surface area (TPSA) is 38.7 Å². The molecule has 0 fully saturated rings. The minimum atomic E-state index is -4.90. The molecule has 0 aliphatic rings. The largest absolute Gasteiger partial charge is 0.573 e. The van der Waals surface area contributed by atoms with Gasteiger partial charge in [0.25, 0.3) is 0 Å². The molecule has 0 spiro atoms. The molecular weight excluding hydrogens is 342 g/mol. The summed E-state index contributed by atoms with van der Waals surface area (Å²) in [6, 6.07) is 8.02. The van der Waals surface area contributed by atoms with Gasteiger partial charge in [-0.15, -0.1) is 13.2 Å². The van der Waals surface area contributed by atoms with E-state index in [1.165, 1.54) is 18.2 Å². The van der Waals surface area contributed by atoms with Crippen molar-refractivity contribution in [1.82, 2.24) is 0 Å². The van der Waals surface area contributed by atoms with Gasteiger partial charge in [0.1, 0.15) is 11.5 Å². The normalized spacial score (nSPS) is 13.5. The van der Waals surface area contributed by atoms with Gasteiger partial charge in [0.05, 0.1) is 5.56 Å². The van der Waals surface area contributed by atoms with Crippen molar-refractivity contribution in [3.8, 4) is 11.5 Å². The summed E-state index contributed by atoms with van der Waals surface area (Å²) in [7, 11) is 0. The average Bonchev–Trinajstić information content (AvgIpc) is 2.45. The van der Waals surface area contributed by atoms with Gasteiger partial charge in [-0.05, 0) is 24.3 Å². The number of benzene rings is 2. The van der Waals surface area contributed by atoms with Crippen molar-refractivity contribution < 1.29 is 40.9 Å². The molecule has 2 aromatic carbocycles. The summed E-state index contributed by atoms with van der Waals surface area (Å²) >= 11 is 0. The van der Waals surface area contributed by atoms with E-state index in [1.54, 1.807) is 0 Å². The highest BCUT2D eigenvalue weighted by atomic mass is 19.4. The molecule has 2 rings (SSSR count). The van der Waals surface area contributed by atoms with Crippen molar-refractivity contribution in [2.75, 3.05) is 0 Å². The molecule has 24 heavy (non-hydrogen) atoms. The van der Waals surface area contributed by atoms with E-state index in [0.717, 1.165) is 24.3 Å². The van der Waals surface area contributed by atoms with E-state index in [4.69, 9.17) is 4.74 Å². The summed E-state index contributed by atoms with van der Waals surface area (Å²) < 4.78 is 82.9. The van der Waals surface area contributed by atoms with Gasteiger partial charge in [0, 0.05) is 11.6 Å². The van der Waals surface area contributed by atoms with Crippen LogP contribution in [0.2, 0.25) is 0 Å². The van der Waals surface area contributed by atoms with Gasteiger partial charge in [0.2, 0.25) is 6.29 Å². The van der Waals surface area contributed by atoms with Crippen LogP contribution in [0.1, 0.15) is 17.4 Å². The lowest BCUT2D eigenvalue weighted by Crippen LogP contribution is -2.17. The Morgan fingerprint density at radius 1 is 0.833 bits per heavy atom. The SMILES string of the molecule is OC(Oc1cccc(OC(F)(F)F)c1)c1cccc(C(F)(F)F)c1. The maximum absolute atomic E-state index is 12.6. The molecule has 0 heterocycles. The number of alkyl halides is 6. The quantitative estimate of drug-likeness (QED) is 0.642. The predicted molar refractivity (Wildman–Crippen MR) is 70.2 cm³/mol. The summed E-state index contributed by atoms with van der Waals surface area (Å²) in [5.41, 5.74) is -1.19. The van der Waals surface area contributed by atoms with Crippen LogP contribution in [0.5, 0.6) is 11.5 Å². The van der Waals surface area contributed by atoms with Crippen LogP contribution in [-0.4, -0.2) is 11.5 Å². The molecule has 0 bridgehead atoms. The molecular formula is C15H10F6O3. The third-order valence-electron chi connectivity index (χ3n) is 2.79. The van der Waals surface area contributed by atoms with Crippen LogP contribution in [0, 0.1) is 0 Å². The van der Waals surface area contributed by atoms with E-state index in [9.17, 15) is 31.4 Å². The van der Waals surface area contributed by atoms with Crippen molar-refractivity contribution in [1.29, 1.82) is 0 Å². The minimum Gasteiger partial charge on any atom is -0.461 e. The molecule has 0 aliphatic carbocycles. The van der Waals surface area contributed by atoms with E-state index in [1.807, 2.05) is 0 Å². The van der Waals surface area contributed by atoms with E-state index in [-0.39, 0.29) is 11.3 Å². The van der Waals surface area contributed by atoms with E-state index >= 15 is 0 Å². The molecule has 130 valence electrons. The van der Waals surface area contributed by atoms with Crippen LogP contribution in [0.25, 0.3) is 0 Å². The molecule has 0 saturated carbocycles. The highest BCUT2D eigenvalue weighted by Gasteiger charge is 2.32. The number of halogens is 6. The first-order valence-electron chi connectivity index (χ1n) is 6.42. The Balaban J connectivity index is 2.15. The fourth-order valence-corrected chi connectivity index (χ4v) is 1.81. The Kier molecular flexibility index (Phi) is 4.93. The monoisotopic (exact) mass is 352 g/mol. The van der Waals surface area contributed by atoms with Crippen molar-refractivity contribution in [2.24, 2.45) is 0 Å². The zero-order chi connectivity index (χ0) is 18.0. The zero-order valence-electron chi connectivity index (χ0n) is 11.7. The van der Waals surface area contributed by atoms with Gasteiger partial charge in [-0.3, -0.25) is 0 Å². The molecule has 1 N–H and O–H groups in total. The van der Waals surface area contributed by atoms with Gasteiger partial charge in [0.15, 0.2) is 0 Å². The van der Waals surface area contributed by atoms with Gasteiger partial charge < -0.3 is 14.6 Å². The Morgan fingerprint density at radius 2 is 1.46 bits per heavy atom. The first-order chi connectivity index (χ1) is 11.0. The fourth-order valence-electron chi connectivity index (χ4n) is 1.81. The summed E-state index contributed by atoms with van der Waals surface area (Å²) in [5.74, 6) is -0.794. The Hall–Kier alpha value is -2.42. The molecule has 0 aliphatic heterocycles. The standard InChI is InChI=1S/C15H10F6O3/c16-14(17,18)10-4-1-3-9(7-10)13(22)23-11-5-2-6-12(8-11)24-15(19,20)21/h1-8,13,22H. The zero-order valence-corrected chi connectivity index (χ0v) is 11.7. The molecule has 0 aromatic heterocycles. The first-order valence-corrected chi connectivity index (χ1v) is 6.42. The summed E-state index contributed by atoms with van der Waals surface area (Å²) in [6.45, 7) is 0. The number of rotatable bonds is 4. The van der Waals surface area contributed by atoms with Gasteiger partial charge >= 0.3 is 12.5 Å². The number of hydrogen-bond donors (Lipinski definition) is 1. The molecule has 0 amide bonds. The van der Waals surface area contributed by atoms with Crippen LogP contribution in [0.4, 0.5) is 26.3 Å². The van der Waals surface area contributed by atoms with Crippen molar-refractivity contribution in [3.63, 3.8) is 0 Å². The smallest absolute Gasteiger partial charge is 0.461 e. The van der Waals surface area contributed by atoms with Crippen LogP contribution in [0.15, 0.2) is 48.5 Å². The third kappa shape index (κ3) is 5.05. The van der Waals surface area contributed by atoms with Crippen molar-refractivity contribution in [3.05, 3.63) is 59.7 Å². The number of aliphatic hydroxyl groups excluding tert-OH is 1. The van der Waals surface area contributed by atoms with Crippen LogP contribution in [-0.2, 0) is 6.18 Å². The molecule has 2 aromatic rings. The predicted octanol–water partition coefficient (Wildman–Crippen LogP) is 4.67. The number of ether oxygens (including phenoxy) is 2. The maximum atomic E-state index is 12.6. The van der Waals surface area contributed by atoms with Crippen molar-refractivity contribution >= 4 is 0 Å². The van der Waals surface area contributed by atoms with Crippen LogP contribution < -0.4 is 9.47 Å². The lowest BCUT2D eigenvalue weighted by molar-refractivity contribution is -0.274. The molecule has 3 nitrogen and oxygen atoms in total. The number of hydrogen-bond acceptors (Lipinski definition) is 3. The molecule has 0 radical (unpaired) electrons. The maximum Gasteiger partial charge on any atom is 0.573 e. The second kappa shape index (κ2) is 6.60. The van der Waals surface area contributed by atoms with Gasteiger partial charge in [-0.1, -0.05) is 18.2 Å². The summed E-state index contributed by atoms with van der Waals surface area (Å²) in [6.07, 6.45) is -11.3. The molecule has 0 saturated heterocycles. The Labute approximate surface area is 132 Å². The van der Waals surface area contributed by atoms with E-state index in [2.05, 4.69) is 4.74 Å². The van der Waals surface area contributed by atoms with Gasteiger partial charge in [-0.2, -0.15) is 13.2 Å². The third-order valence-corrected chi connectivity index (χ3v) is 2.79. The highest BCUT2D eigenvalue weighted by molar-refractivity contribution is 5.34. The fraction of sp³-hybridized carbons (Fsp3) is 0.200. The summed E-state index contributed by atoms with van der Waals surface area (Å²) in [4.78, 5) is 0. The van der Waals surface area contributed by atoms with Crippen molar-refractivity contribution in [2.45, 2.75) is 18.8 Å². The molecule has 1 atom stereocenters. The average molecular weight is 352 g/mol. The van der Waals surface area contributed by atoms with Crippen LogP contribution in [0.3, 0.4) is 0 Å². The molecule has 9 heteroatoms. The first kappa shape index (κ1) is 17.9. The van der Waals surface area contributed by atoms with E-state index < -0.39 is 30.1 Å². The lowest BCUT2D eigenvalue weighted by Gasteiger charge is -2.16. The highest BCUT2D eigenvalue weighted by Crippen LogP contribution is 2.32. The van der Waals surface area contributed by atoms with E-state index in [0.29, 0.717) is 6.07 Å². The van der Waals surface area contributed by atoms with Gasteiger partial charge in [-0.25, -0.2) is 0 Å². The second-order valence-corrected chi connectivity index (χ2v) is 4.62. The Bertz CT molecular complexity index is 696. The molecule has 1 unspecified atom stereocenters. The second-order valence-electron chi connectivity index (χ2n) is 4.62. The van der Waals surface area contributed by atoms with Crippen LogP contribution >= 0.6 is 0 Å². The summed E-state index contributed by atoms with van der Waals surface area (Å²) in [5, 5.41) is 9.83. The lowest BCUT2D eigenvalue weighted by atomic mass is 10.1. The Morgan fingerprint density at radius 3 is 2.08 bits per heavy atom. The minimum absolute atomic E-state index is 0.202.